The van der Waals surface area contributed by atoms with Gasteiger partial charge < -0.3 is 10.6 Å². The van der Waals surface area contributed by atoms with Gasteiger partial charge in [-0.1, -0.05) is 6.92 Å². The second-order valence-electron chi connectivity index (χ2n) is 4.13. The maximum atomic E-state index is 5.74. The summed E-state index contributed by atoms with van der Waals surface area (Å²) in [7, 11) is 0. The van der Waals surface area contributed by atoms with E-state index in [-0.39, 0.29) is 0 Å². The van der Waals surface area contributed by atoms with E-state index >= 15 is 0 Å². The molecule has 1 aromatic heterocycles. The molecule has 1 fully saturated rings. The molecule has 1 aliphatic carbocycles. The Morgan fingerprint density at radius 2 is 2.33 bits per heavy atom. The van der Waals surface area contributed by atoms with Gasteiger partial charge in [-0.25, -0.2) is 0 Å². The molecule has 1 aromatic rings. The maximum absolute atomic E-state index is 5.74. The average Bonchev–Trinajstić information content (AvgIpc) is 3.10. The van der Waals surface area contributed by atoms with Crippen molar-refractivity contribution in [1.29, 1.82) is 0 Å². The Labute approximate surface area is 91.3 Å². The van der Waals surface area contributed by atoms with Crippen LogP contribution >= 0.6 is 0 Å². The molecular weight excluding hydrogens is 186 g/mol. The molecule has 0 radical (unpaired) electrons. The zero-order valence-corrected chi connectivity index (χ0v) is 9.32. The summed E-state index contributed by atoms with van der Waals surface area (Å²) in [4.78, 5) is 6.62. The molecule has 2 rings (SSSR count). The first-order valence-corrected chi connectivity index (χ1v) is 5.76. The summed E-state index contributed by atoms with van der Waals surface area (Å²) in [6, 6.07) is 2.84. The lowest BCUT2D eigenvalue weighted by Crippen LogP contribution is -2.27. The van der Waals surface area contributed by atoms with E-state index in [0.29, 0.717) is 6.54 Å². The van der Waals surface area contributed by atoms with Crippen LogP contribution in [0.25, 0.3) is 0 Å². The van der Waals surface area contributed by atoms with Crippen LogP contribution in [-0.4, -0.2) is 17.6 Å². The van der Waals surface area contributed by atoms with Crippen LogP contribution in [0.1, 0.15) is 31.7 Å². The van der Waals surface area contributed by atoms with Gasteiger partial charge >= 0.3 is 0 Å². The zero-order chi connectivity index (χ0) is 10.7. The van der Waals surface area contributed by atoms with E-state index in [1.165, 1.54) is 24.9 Å². The number of aromatic nitrogens is 1. The van der Waals surface area contributed by atoms with E-state index in [0.717, 1.165) is 18.2 Å². The second kappa shape index (κ2) is 4.62. The fraction of sp³-hybridized carbons (Fsp3) is 0.583. The smallest absolute Gasteiger partial charge is 0.0445 e. The van der Waals surface area contributed by atoms with Crippen LogP contribution in [0.15, 0.2) is 18.5 Å². The minimum Gasteiger partial charge on any atom is -0.368 e. The molecule has 1 aliphatic rings. The molecule has 0 unspecified atom stereocenters. The van der Waals surface area contributed by atoms with Crippen LogP contribution in [0, 0.1) is 0 Å². The number of pyridine rings is 1. The number of hydrogen-bond donors (Lipinski definition) is 1. The molecule has 1 heterocycles. The SMILES string of the molecule is CCCN(c1ccncc1CN)C1CC1. The van der Waals surface area contributed by atoms with Crippen molar-refractivity contribution in [3.8, 4) is 0 Å². The normalized spacial score (nSPS) is 15.3. The van der Waals surface area contributed by atoms with Gasteiger partial charge in [-0.05, 0) is 25.3 Å². The summed E-state index contributed by atoms with van der Waals surface area (Å²) in [5.74, 6) is 0. The van der Waals surface area contributed by atoms with Gasteiger partial charge in [0.05, 0.1) is 0 Å². The third kappa shape index (κ3) is 2.29. The maximum Gasteiger partial charge on any atom is 0.0445 e. The van der Waals surface area contributed by atoms with Gasteiger partial charge in [0.2, 0.25) is 0 Å². The van der Waals surface area contributed by atoms with Gasteiger partial charge in [0.25, 0.3) is 0 Å². The summed E-state index contributed by atoms with van der Waals surface area (Å²) in [6.45, 7) is 3.93. The number of nitrogens with two attached hydrogens (primary N) is 1. The Hall–Kier alpha value is -1.09. The largest absolute Gasteiger partial charge is 0.368 e. The number of hydrogen-bond acceptors (Lipinski definition) is 3. The lowest BCUT2D eigenvalue weighted by Gasteiger charge is -2.26. The van der Waals surface area contributed by atoms with E-state index in [1.54, 1.807) is 0 Å². The predicted molar refractivity (Wildman–Crippen MR) is 62.8 cm³/mol. The molecule has 0 saturated heterocycles. The Morgan fingerprint density at radius 1 is 1.53 bits per heavy atom. The predicted octanol–water partition coefficient (Wildman–Crippen LogP) is 1.92. The molecule has 0 bridgehead atoms. The van der Waals surface area contributed by atoms with Crippen molar-refractivity contribution in [2.24, 2.45) is 5.73 Å². The quantitative estimate of drug-likeness (QED) is 0.798. The molecule has 0 aromatic carbocycles. The third-order valence-electron chi connectivity index (χ3n) is 2.86. The highest BCUT2D eigenvalue weighted by molar-refractivity contribution is 5.54. The van der Waals surface area contributed by atoms with Gasteiger partial charge in [0, 0.05) is 42.8 Å². The van der Waals surface area contributed by atoms with Crippen LogP contribution in [0.2, 0.25) is 0 Å². The molecule has 0 amide bonds. The van der Waals surface area contributed by atoms with E-state index in [2.05, 4.69) is 22.9 Å². The van der Waals surface area contributed by atoms with Crippen LogP contribution in [0.3, 0.4) is 0 Å². The summed E-state index contributed by atoms with van der Waals surface area (Å²) in [6.07, 6.45) is 7.58. The molecule has 82 valence electrons. The standard InChI is InChI=1S/C12H19N3/c1-2-7-15(11-3-4-11)12-5-6-14-9-10(12)8-13/h5-6,9,11H,2-4,7-8,13H2,1H3. The number of nitrogens with zero attached hydrogens (tertiary/aromatic N) is 2. The van der Waals surface area contributed by atoms with Gasteiger partial charge in [-0.3, -0.25) is 4.98 Å². The van der Waals surface area contributed by atoms with Crippen molar-refractivity contribution < 1.29 is 0 Å². The van der Waals surface area contributed by atoms with Crippen molar-refractivity contribution in [3.05, 3.63) is 24.0 Å². The van der Waals surface area contributed by atoms with Crippen LogP contribution in [-0.2, 0) is 6.54 Å². The topological polar surface area (TPSA) is 42.2 Å². The van der Waals surface area contributed by atoms with E-state index in [1.807, 2.05) is 12.4 Å². The minimum atomic E-state index is 0.579. The summed E-state index contributed by atoms with van der Waals surface area (Å²) in [5, 5.41) is 0. The molecule has 0 atom stereocenters. The van der Waals surface area contributed by atoms with Crippen LogP contribution in [0.5, 0.6) is 0 Å². The van der Waals surface area contributed by atoms with Crippen molar-refractivity contribution in [2.45, 2.75) is 38.8 Å². The van der Waals surface area contributed by atoms with E-state index < -0.39 is 0 Å². The minimum absolute atomic E-state index is 0.579. The highest BCUT2D eigenvalue weighted by Crippen LogP contribution is 2.33. The lowest BCUT2D eigenvalue weighted by atomic mass is 10.2. The van der Waals surface area contributed by atoms with Gasteiger partial charge in [0.15, 0.2) is 0 Å². The van der Waals surface area contributed by atoms with Crippen LogP contribution < -0.4 is 10.6 Å². The van der Waals surface area contributed by atoms with Gasteiger partial charge in [-0.15, -0.1) is 0 Å². The molecular formula is C12H19N3. The molecule has 3 nitrogen and oxygen atoms in total. The Balaban J connectivity index is 2.23. The third-order valence-corrected chi connectivity index (χ3v) is 2.86. The first kappa shape index (κ1) is 10.4. The first-order chi connectivity index (χ1) is 7.36. The summed E-state index contributed by atoms with van der Waals surface area (Å²) in [5.41, 5.74) is 8.19. The Morgan fingerprint density at radius 3 is 2.93 bits per heavy atom. The molecule has 3 heteroatoms. The second-order valence-corrected chi connectivity index (χ2v) is 4.13. The average molecular weight is 205 g/mol. The summed E-state index contributed by atoms with van der Waals surface area (Å²) >= 11 is 0. The lowest BCUT2D eigenvalue weighted by molar-refractivity contribution is 0.755. The van der Waals surface area contributed by atoms with Gasteiger partial charge in [-0.2, -0.15) is 0 Å². The highest BCUT2D eigenvalue weighted by atomic mass is 15.2. The molecule has 0 aliphatic heterocycles. The number of anilines is 1. The Bertz CT molecular complexity index is 320. The van der Waals surface area contributed by atoms with Crippen molar-refractivity contribution in [2.75, 3.05) is 11.4 Å². The molecule has 15 heavy (non-hydrogen) atoms. The monoisotopic (exact) mass is 205 g/mol. The molecule has 1 saturated carbocycles. The van der Waals surface area contributed by atoms with E-state index in [9.17, 15) is 0 Å². The fourth-order valence-corrected chi connectivity index (χ4v) is 1.98. The zero-order valence-electron chi connectivity index (χ0n) is 9.32. The highest BCUT2D eigenvalue weighted by Gasteiger charge is 2.29. The van der Waals surface area contributed by atoms with E-state index in [4.69, 9.17) is 5.73 Å². The van der Waals surface area contributed by atoms with Crippen molar-refractivity contribution in [3.63, 3.8) is 0 Å². The molecule has 0 spiro atoms. The van der Waals surface area contributed by atoms with Crippen molar-refractivity contribution in [1.82, 2.24) is 4.98 Å². The fourth-order valence-electron chi connectivity index (χ4n) is 1.98. The van der Waals surface area contributed by atoms with Crippen molar-refractivity contribution >= 4 is 5.69 Å². The van der Waals surface area contributed by atoms with Gasteiger partial charge in [0.1, 0.15) is 0 Å². The number of rotatable bonds is 5. The summed E-state index contributed by atoms with van der Waals surface area (Å²) < 4.78 is 0. The molecule has 2 N–H and O–H groups in total. The van der Waals surface area contributed by atoms with Crippen LogP contribution in [0.4, 0.5) is 5.69 Å². The Kier molecular flexibility index (Phi) is 3.21. The first-order valence-electron chi connectivity index (χ1n) is 5.76.